The van der Waals surface area contributed by atoms with Crippen LogP contribution in [-0.4, -0.2) is 86.2 Å². The topological polar surface area (TPSA) is 142 Å². The number of anilines is 2. The molecule has 46 heavy (non-hydrogen) atoms. The van der Waals surface area contributed by atoms with E-state index in [1.807, 2.05) is 54.3 Å². The third-order valence-electron chi connectivity index (χ3n) is 8.59. The molecule has 0 saturated carbocycles. The first-order valence-electron chi connectivity index (χ1n) is 15.2. The highest BCUT2D eigenvalue weighted by Gasteiger charge is 2.44. The van der Waals surface area contributed by atoms with E-state index < -0.39 is 5.54 Å². The molecule has 2 atom stereocenters. The number of hydrogen-bond donors (Lipinski definition) is 1. The number of furan rings is 1. The number of rotatable bonds is 9. The van der Waals surface area contributed by atoms with Crippen molar-refractivity contribution in [3.8, 4) is 17.3 Å². The molecule has 2 N–H and O–H groups in total. The van der Waals surface area contributed by atoms with E-state index in [1.165, 1.54) is 4.52 Å². The molecule has 1 amide bonds. The molecule has 1 aliphatic heterocycles. The highest BCUT2D eigenvalue weighted by molar-refractivity contribution is 5.94. The van der Waals surface area contributed by atoms with Crippen LogP contribution in [0.4, 0.5) is 11.6 Å². The minimum Gasteiger partial charge on any atom is -0.491 e. The van der Waals surface area contributed by atoms with Gasteiger partial charge in [-0.15, -0.1) is 5.10 Å². The molecule has 1 saturated heterocycles. The van der Waals surface area contributed by atoms with Gasteiger partial charge in [0, 0.05) is 38.5 Å². The first kappa shape index (κ1) is 29.3. The molecular weight excluding hydrogens is 586 g/mol. The largest absolute Gasteiger partial charge is 0.491 e. The number of amides is 1. The third kappa shape index (κ3) is 4.98. The number of piperazine rings is 1. The highest BCUT2D eigenvalue weighted by Crippen LogP contribution is 2.34. The summed E-state index contributed by atoms with van der Waals surface area (Å²) < 4.78 is 19.4. The summed E-state index contributed by atoms with van der Waals surface area (Å²) in [5.74, 6) is 1.71. The molecule has 0 bridgehead atoms. The van der Waals surface area contributed by atoms with Gasteiger partial charge in [-0.1, -0.05) is 30.3 Å². The predicted octanol–water partition coefficient (Wildman–Crippen LogP) is 3.84. The Balaban J connectivity index is 1.21. The number of hydrogen-bond acceptors (Lipinski definition) is 10. The first-order chi connectivity index (χ1) is 22.4. The number of carbonyl (C=O) groups excluding carboxylic acids is 1. The van der Waals surface area contributed by atoms with Gasteiger partial charge in [-0.05, 0) is 55.8 Å². The molecule has 0 aliphatic carbocycles. The second-order valence-corrected chi connectivity index (χ2v) is 11.5. The maximum absolute atomic E-state index is 14.7. The Morgan fingerprint density at radius 1 is 1.02 bits per heavy atom. The zero-order valence-corrected chi connectivity index (χ0v) is 25.9. The van der Waals surface area contributed by atoms with Crippen LogP contribution in [0.25, 0.3) is 28.3 Å². The van der Waals surface area contributed by atoms with Crippen molar-refractivity contribution < 1.29 is 18.7 Å². The number of ether oxygens (including phenoxy) is 2. The van der Waals surface area contributed by atoms with Gasteiger partial charge in [0.1, 0.15) is 12.4 Å². The van der Waals surface area contributed by atoms with Gasteiger partial charge in [0.25, 0.3) is 5.91 Å². The summed E-state index contributed by atoms with van der Waals surface area (Å²) in [6, 6.07) is 21.3. The fourth-order valence-corrected chi connectivity index (χ4v) is 6.16. The summed E-state index contributed by atoms with van der Waals surface area (Å²) in [4.78, 5) is 28.3. The van der Waals surface area contributed by atoms with Crippen LogP contribution in [0, 0.1) is 0 Å². The SMILES string of the molecule is COCCOc1ccc(N2CCN(C(=O)C(C)(c3ccccc3)n3ncc4c3nc(N)n3nc(-c5ccco5)nc43)CC2C)cc1. The lowest BCUT2D eigenvalue weighted by molar-refractivity contribution is -0.139. The molecule has 4 aromatic heterocycles. The van der Waals surface area contributed by atoms with Crippen LogP contribution in [0.5, 0.6) is 5.75 Å². The van der Waals surface area contributed by atoms with Gasteiger partial charge in [-0.25, -0.2) is 9.67 Å². The fraction of sp³-hybridized carbons (Fsp3) is 0.303. The third-order valence-corrected chi connectivity index (χ3v) is 8.59. The Morgan fingerprint density at radius 2 is 1.83 bits per heavy atom. The Labute approximate surface area is 265 Å². The molecule has 1 fully saturated rings. The summed E-state index contributed by atoms with van der Waals surface area (Å²) in [7, 11) is 1.65. The highest BCUT2D eigenvalue weighted by atomic mass is 16.5. The van der Waals surface area contributed by atoms with Crippen LogP contribution in [-0.2, 0) is 15.1 Å². The van der Waals surface area contributed by atoms with E-state index in [1.54, 1.807) is 36.4 Å². The minimum atomic E-state index is -1.23. The number of methoxy groups -OCH3 is 1. The second kappa shape index (κ2) is 11.8. The van der Waals surface area contributed by atoms with Crippen LogP contribution < -0.4 is 15.4 Å². The van der Waals surface area contributed by atoms with Crippen molar-refractivity contribution in [3.63, 3.8) is 0 Å². The number of nitrogen functional groups attached to an aromatic ring is 1. The van der Waals surface area contributed by atoms with Gasteiger partial charge in [-0.2, -0.15) is 14.6 Å². The van der Waals surface area contributed by atoms with E-state index in [0.717, 1.165) is 17.0 Å². The zero-order chi connectivity index (χ0) is 31.8. The number of nitrogens with two attached hydrogens (primary N) is 1. The van der Waals surface area contributed by atoms with Crippen molar-refractivity contribution in [2.45, 2.75) is 25.4 Å². The standard InChI is InChI=1S/C33H35N9O4/c1-22-21-39(15-16-40(22)24-11-13-25(14-12-24)45-19-18-44-3)31(43)33(2,23-8-5-4-6-9-23)42-30-26(20-35-42)29-36-28(27-10-7-17-46-27)38-41(29)32(34)37-30/h4-14,17,20,22H,15-16,18-19,21H2,1-3H3,(H2,34,37). The lowest BCUT2D eigenvalue weighted by Gasteiger charge is -2.44. The van der Waals surface area contributed by atoms with E-state index in [0.29, 0.717) is 61.1 Å². The van der Waals surface area contributed by atoms with Crippen LogP contribution in [0.15, 0.2) is 83.6 Å². The molecule has 5 heterocycles. The number of nitrogens with zero attached hydrogens (tertiary/aromatic N) is 8. The number of fused-ring (bicyclic) bond motifs is 3. The molecule has 13 heteroatoms. The molecule has 1 aliphatic rings. The molecule has 2 unspecified atom stereocenters. The lowest BCUT2D eigenvalue weighted by atomic mass is 9.89. The monoisotopic (exact) mass is 621 g/mol. The van der Waals surface area contributed by atoms with Crippen LogP contribution >= 0.6 is 0 Å². The van der Waals surface area contributed by atoms with Crippen LogP contribution in [0.2, 0.25) is 0 Å². The van der Waals surface area contributed by atoms with Crippen LogP contribution in [0.1, 0.15) is 19.4 Å². The Hall–Kier alpha value is -5.43. The van der Waals surface area contributed by atoms with Crippen molar-refractivity contribution in [1.82, 2.24) is 34.3 Å². The first-order valence-corrected chi connectivity index (χ1v) is 15.2. The van der Waals surface area contributed by atoms with E-state index in [4.69, 9.17) is 24.7 Å². The van der Waals surface area contributed by atoms with Crippen molar-refractivity contribution in [3.05, 3.63) is 84.8 Å². The minimum absolute atomic E-state index is 0.0664. The molecule has 2 aromatic carbocycles. The molecule has 6 aromatic rings. The maximum Gasteiger partial charge on any atom is 0.255 e. The predicted molar refractivity (Wildman–Crippen MR) is 173 cm³/mol. The quantitative estimate of drug-likeness (QED) is 0.237. The van der Waals surface area contributed by atoms with Crippen molar-refractivity contribution in [1.29, 1.82) is 0 Å². The van der Waals surface area contributed by atoms with E-state index in [2.05, 4.69) is 39.0 Å². The van der Waals surface area contributed by atoms with Gasteiger partial charge >= 0.3 is 0 Å². The molecular formula is C33H35N9O4. The smallest absolute Gasteiger partial charge is 0.255 e. The number of carbonyl (C=O) groups is 1. The summed E-state index contributed by atoms with van der Waals surface area (Å²) in [5.41, 5.74) is 7.94. The van der Waals surface area contributed by atoms with Crippen molar-refractivity contribution in [2.24, 2.45) is 0 Å². The van der Waals surface area contributed by atoms with Gasteiger partial charge in [0.05, 0.1) is 24.5 Å². The molecule has 13 nitrogen and oxygen atoms in total. The van der Waals surface area contributed by atoms with E-state index in [9.17, 15) is 4.79 Å². The summed E-state index contributed by atoms with van der Waals surface area (Å²) in [6.45, 7) is 6.78. The second-order valence-electron chi connectivity index (χ2n) is 11.5. The van der Waals surface area contributed by atoms with E-state index >= 15 is 0 Å². The van der Waals surface area contributed by atoms with Crippen LogP contribution in [0.3, 0.4) is 0 Å². The average Bonchev–Trinajstić information content (AvgIpc) is 3.86. The fourth-order valence-electron chi connectivity index (χ4n) is 6.16. The van der Waals surface area contributed by atoms with Crippen molar-refractivity contribution in [2.75, 3.05) is 50.6 Å². The zero-order valence-electron chi connectivity index (χ0n) is 25.9. The molecule has 236 valence electrons. The molecule has 7 rings (SSSR count). The summed E-state index contributed by atoms with van der Waals surface area (Å²) >= 11 is 0. The van der Waals surface area contributed by atoms with E-state index in [-0.39, 0.29) is 17.9 Å². The Kier molecular flexibility index (Phi) is 7.53. The van der Waals surface area contributed by atoms with Gasteiger partial charge in [-0.3, -0.25) is 4.79 Å². The molecule has 0 radical (unpaired) electrons. The maximum atomic E-state index is 14.7. The number of aromatic nitrogens is 6. The summed E-state index contributed by atoms with van der Waals surface area (Å²) in [5, 5.41) is 9.87. The van der Waals surface area contributed by atoms with Gasteiger partial charge < -0.3 is 29.4 Å². The van der Waals surface area contributed by atoms with Gasteiger partial charge in [0.2, 0.25) is 11.8 Å². The van der Waals surface area contributed by atoms with Gasteiger partial charge in [0.15, 0.2) is 22.6 Å². The Morgan fingerprint density at radius 3 is 2.54 bits per heavy atom. The Bertz CT molecular complexity index is 1970. The normalized spacial score (nSPS) is 16.6. The van der Waals surface area contributed by atoms with Crippen molar-refractivity contribution >= 4 is 34.2 Å². The average molecular weight is 622 g/mol. The number of benzene rings is 2. The lowest BCUT2D eigenvalue weighted by Crippen LogP contribution is -2.59. The molecule has 0 spiro atoms. The summed E-state index contributed by atoms with van der Waals surface area (Å²) in [6.07, 6.45) is 3.22.